The molecule has 1 aromatic carbocycles. The molecule has 0 saturated carbocycles. The molecule has 94 valence electrons. The molecule has 4 nitrogen and oxygen atoms in total. The van der Waals surface area contributed by atoms with E-state index in [0.717, 1.165) is 25.1 Å². The highest BCUT2D eigenvalue weighted by Gasteiger charge is 2.06. The number of anilines is 2. The third kappa shape index (κ3) is 3.98. The fraction of sp³-hybridized carbons (Fsp3) is 0.462. The topological polar surface area (TPSA) is 67.2 Å². The van der Waals surface area contributed by atoms with E-state index in [1.165, 1.54) is 0 Å². The molecule has 0 spiro atoms. The third-order valence-corrected chi connectivity index (χ3v) is 2.41. The van der Waals surface area contributed by atoms with Crippen molar-refractivity contribution in [2.75, 3.05) is 24.1 Å². The molecule has 4 heteroatoms. The Morgan fingerprint density at radius 2 is 1.94 bits per heavy atom. The van der Waals surface area contributed by atoms with Crippen LogP contribution in [0.15, 0.2) is 18.2 Å². The number of rotatable bonds is 6. The first kappa shape index (κ1) is 13.4. The van der Waals surface area contributed by atoms with E-state index in [0.29, 0.717) is 17.8 Å². The van der Waals surface area contributed by atoms with E-state index in [1.807, 2.05) is 13.0 Å². The van der Waals surface area contributed by atoms with Gasteiger partial charge in [-0.1, -0.05) is 13.8 Å². The zero-order chi connectivity index (χ0) is 12.7. The summed E-state index contributed by atoms with van der Waals surface area (Å²) >= 11 is 0. The maximum absolute atomic E-state index is 11.7. The second-order valence-electron chi connectivity index (χ2n) is 3.98. The van der Waals surface area contributed by atoms with Gasteiger partial charge in [0.2, 0.25) is 0 Å². The fourth-order valence-corrected chi connectivity index (χ4v) is 1.47. The standard InChI is InChI=1S/C13H21N3O/c1-3-7-15-12-6-5-10(9-11(12)14)13(17)16-8-4-2/h5-6,9,15H,3-4,7-8,14H2,1-2H3,(H,16,17). The van der Waals surface area contributed by atoms with Crippen molar-refractivity contribution >= 4 is 17.3 Å². The lowest BCUT2D eigenvalue weighted by atomic mass is 10.1. The van der Waals surface area contributed by atoms with Crippen LogP contribution in [0.25, 0.3) is 0 Å². The third-order valence-electron chi connectivity index (χ3n) is 2.41. The molecule has 1 amide bonds. The Morgan fingerprint density at radius 1 is 1.24 bits per heavy atom. The molecule has 0 heterocycles. The van der Waals surface area contributed by atoms with Gasteiger partial charge in [0.15, 0.2) is 0 Å². The van der Waals surface area contributed by atoms with Crippen LogP contribution in [0.1, 0.15) is 37.0 Å². The lowest BCUT2D eigenvalue weighted by molar-refractivity contribution is 0.0953. The van der Waals surface area contributed by atoms with Crippen LogP contribution in [0.2, 0.25) is 0 Å². The summed E-state index contributed by atoms with van der Waals surface area (Å²) in [6.45, 7) is 5.68. The average molecular weight is 235 g/mol. The lowest BCUT2D eigenvalue weighted by Gasteiger charge is -2.10. The number of hydrogen-bond acceptors (Lipinski definition) is 3. The first-order valence-electron chi connectivity index (χ1n) is 6.10. The predicted octanol–water partition coefficient (Wildman–Crippen LogP) is 2.23. The lowest BCUT2D eigenvalue weighted by Crippen LogP contribution is -2.24. The molecule has 0 aliphatic rings. The van der Waals surface area contributed by atoms with E-state index in [9.17, 15) is 4.79 Å². The minimum Gasteiger partial charge on any atom is -0.397 e. The number of nitrogens with one attached hydrogen (secondary N) is 2. The molecule has 4 N–H and O–H groups in total. The van der Waals surface area contributed by atoms with Gasteiger partial charge in [-0.05, 0) is 31.0 Å². The molecule has 0 aliphatic carbocycles. The van der Waals surface area contributed by atoms with Crippen LogP contribution in [0.5, 0.6) is 0 Å². The molecule has 1 aromatic rings. The normalized spacial score (nSPS) is 10.0. The van der Waals surface area contributed by atoms with Crippen molar-refractivity contribution in [1.29, 1.82) is 0 Å². The zero-order valence-electron chi connectivity index (χ0n) is 10.5. The van der Waals surface area contributed by atoms with Gasteiger partial charge in [-0.3, -0.25) is 4.79 Å². The summed E-state index contributed by atoms with van der Waals surface area (Å²) in [4.78, 5) is 11.7. The summed E-state index contributed by atoms with van der Waals surface area (Å²) in [5, 5.41) is 6.04. The van der Waals surface area contributed by atoms with E-state index >= 15 is 0 Å². The van der Waals surface area contributed by atoms with E-state index in [-0.39, 0.29) is 5.91 Å². The molecule has 0 aromatic heterocycles. The van der Waals surface area contributed by atoms with E-state index in [4.69, 9.17) is 5.73 Å². The first-order valence-corrected chi connectivity index (χ1v) is 6.10. The van der Waals surface area contributed by atoms with Gasteiger partial charge in [-0.2, -0.15) is 0 Å². The Kier molecular flexibility index (Phi) is 5.33. The number of hydrogen-bond donors (Lipinski definition) is 3. The van der Waals surface area contributed by atoms with Crippen LogP contribution in [-0.4, -0.2) is 19.0 Å². The molecular weight excluding hydrogens is 214 g/mol. The van der Waals surface area contributed by atoms with Crippen LogP contribution >= 0.6 is 0 Å². The molecule has 0 fully saturated rings. The zero-order valence-corrected chi connectivity index (χ0v) is 10.5. The number of carbonyl (C=O) groups excluding carboxylic acids is 1. The van der Waals surface area contributed by atoms with Gasteiger partial charge >= 0.3 is 0 Å². The van der Waals surface area contributed by atoms with Crippen molar-refractivity contribution in [2.45, 2.75) is 26.7 Å². The minimum absolute atomic E-state index is 0.0689. The Bertz CT molecular complexity index is 377. The smallest absolute Gasteiger partial charge is 0.251 e. The summed E-state index contributed by atoms with van der Waals surface area (Å²) in [7, 11) is 0. The van der Waals surface area contributed by atoms with Crippen molar-refractivity contribution in [1.82, 2.24) is 5.32 Å². The van der Waals surface area contributed by atoms with Gasteiger partial charge in [0, 0.05) is 18.7 Å². The fourth-order valence-electron chi connectivity index (χ4n) is 1.47. The second-order valence-corrected chi connectivity index (χ2v) is 3.98. The second kappa shape index (κ2) is 6.78. The highest BCUT2D eigenvalue weighted by Crippen LogP contribution is 2.19. The van der Waals surface area contributed by atoms with Gasteiger partial charge in [-0.15, -0.1) is 0 Å². The summed E-state index contributed by atoms with van der Waals surface area (Å²) < 4.78 is 0. The van der Waals surface area contributed by atoms with E-state index in [1.54, 1.807) is 12.1 Å². The van der Waals surface area contributed by atoms with Crippen molar-refractivity contribution in [3.8, 4) is 0 Å². The molecule has 0 unspecified atom stereocenters. The maximum atomic E-state index is 11.7. The molecule has 0 atom stereocenters. The van der Waals surface area contributed by atoms with Gasteiger partial charge in [0.05, 0.1) is 11.4 Å². The van der Waals surface area contributed by atoms with Crippen LogP contribution in [0.4, 0.5) is 11.4 Å². The number of carbonyl (C=O) groups is 1. The van der Waals surface area contributed by atoms with Crippen LogP contribution in [0.3, 0.4) is 0 Å². The van der Waals surface area contributed by atoms with E-state index in [2.05, 4.69) is 17.6 Å². The predicted molar refractivity (Wildman–Crippen MR) is 72.3 cm³/mol. The van der Waals surface area contributed by atoms with Crippen molar-refractivity contribution in [2.24, 2.45) is 0 Å². The number of benzene rings is 1. The summed E-state index contributed by atoms with van der Waals surface area (Å²) in [5.41, 5.74) is 8.00. The van der Waals surface area contributed by atoms with Gasteiger partial charge < -0.3 is 16.4 Å². The molecule has 17 heavy (non-hydrogen) atoms. The minimum atomic E-state index is -0.0689. The van der Waals surface area contributed by atoms with E-state index < -0.39 is 0 Å². The first-order chi connectivity index (χ1) is 8.19. The van der Waals surface area contributed by atoms with Crippen molar-refractivity contribution in [3.63, 3.8) is 0 Å². The molecule has 0 saturated heterocycles. The molecular formula is C13H21N3O. The molecule has 0 radical (unpaired) electrons. The Morgan fingerprint density at radius 3 is 2.53 bits per heavy atom. The average Bonchev–Trinajstić information content (AvgIpc) is 2.34. The molecule has 1 rings (SSSR count). The molecule has 0 bridgehead atoms. The van der Waals surface area contributed by atoms with Crippen LogP contribution in [0, 0.1) is 0 Å². The quantitative estimate of drug-likeness (QED) is 0.662. The summed E-state index contributed by atoms with van der Waals surface area (Å²) in [6, 6.07) is 5.36. The van der Waals surface area contributed by atoms with Crippen molar-refractivity contribution < 1.29 is 4.79 Å². The monoisotopic (exact) mass is 235 g/mol. The Balaban J connectivity index is 2.70. The van der Waals surface area contributed by atoms with Crippen LogP contribution in [-0.2, 0) is 0 Å². The summed E-state index contributed by atoms with van der Waals surface area (Å²) in [6.07, 6.45) is 1.97. The SMILES string of the molecule is CCCNC(=O)c1ccc(NCCC)c(N)c1. The number of amides is 1. The van der Waals surface area contributed by atoms with Gasteiger partial charge in [-0.25, -0.2) is 0 Å². The summed E-state index contributed by atoms with van der Waals surface area (Å²) in [5.74, 6) is -0.0689. The number of nitrogens with two attached hydrogens (primary N) is 1. The highest BCUT2D eigenvalue weighted by atomic mass is 16.1. The van der Waals surface area contributed by atoms with Crippen LogP contribution < -0.4 is 16.4 Å². The largest absolute Gasteiger partial charge is 0.397 e. The van der Waals surface area contributed by atoms with Gasteiger partial charge in [0.25, 0.3) is 5.91 Å². The Hall–Kier alpha value is -1.71. The number of nitrogen functional groups attached to an aromatic ring is 1. The van der Waals surface area contributed by atoms with Gasteiger partial charge in [0.1, 0.15) is 0 Å². The van der Waals surface area contributed by atoms with Crippen molar-refractivity contribution in [3.05, 3.63) is 23.8 Å². The highest BCUT2D eigenvalue weighted by molar-refractivity contribution is 5.96. The molecule has 0 aliphatic heterocycles. The Labute approximate surface area is 103 Å². The maximum Gasteiger partial charge on any atom is 0.251 e.